The predicted molar refractivity (Wildman–Crippen MR) is 123 cm³/mol. The van der Waals surface area contributed by atoms with E-state index in [-0.39, 0.29) is 0 Å². The molecule has 2 aliphatic heterocycles. The summed E-state index contributed by atoms with van der Waals surface area (Å²) in [6, 6.07) is 19.4. The SMILES string of the molecule is O=C(O)/C=C\C(=O)O.c1ccc2c(c1)Cn1c(cc3ccccc31)C(N1CCNCC1)=N2. The molecule has 32 heavy (non-hydrogen) atoms. The number of aromatic nitrogens is 1. The Kier molecular flexibility index (Phi) is 6.32. The first-order valence-corrected chi connectivity index (χ1v) is 10.4. The Balaban J connectivity index is 0.000000265. The van der Waals surface area contributed by atoms with Crippen molar-refractivity contribution in [2.45, 2.75) is 6.54 Å². The molecule has 0 amide bonds. The third-order valence-electron chi connectivity index (χ3n) is 5.37. The molecule has 3 aromatic rings. The van der Waals surface area contributed by atoms with Crippen molar-refractivity contribution in [2.75, 3.05) is 26.2 Å². The van der Waals surface area contributed by atoms with Gasteiger partial charge in [0.15, 0.2) is 5.84 Å². The Labute approximate surface area is 185 Å². The zero-order valence-electron chi connectivity index (χ0n) is 17.4. The number of nitrogens with zero attached hydrogens (tertiary/aromatic N) is 3. The van der Waals surface area contributed by atoms with Crippen LogP contribution in [0.5, 0.6) is 0 Å². The van der Waals surface area contributed by atoms with Gasteiger partial charge in [-0.3, -0.25) is 0 Å². The maximum atomic E-state index is 9.55. The smallest absolute Gasteiger partial charge is 0.328 e. The number of nitrogens with one attached hydrogen (secondary N) is 1. The molecule has 5 rings (SSSR count). The van der Waals surface area contributed by atoms with Crippen molar-refractivity contribution in [3.8, 4) is 0 Å². The van der Waals surface area contributed by atoms with E-state index in [0.717, 1.165) is 44.2 Å². The van der Waals surface area contributed by atoms with Crippen LogP contribution in [-0.4, -0.2) is 63.6 Å². The number of benzene rings is 2. The van der Waals surface area contributed by atoms with Gasteiger partial charge in [-0.05, 0) is 23.8 Å². The third-order valence-corrected chi connectivity index (χ3v) is 5.37. The van der Waals surface area contributed by atoms with Crippen LogP contribution in [0.4, 0.5) is 5.69 Å². The number of piperazine rings is 1. The Bertz CT molecular complexity index is 1190. The molecule has 164 valence electrons. The maximum absolute atomic E-state index is 9.55. The van der Waals surface area contributed by atoms with Crippen molar-refractivity contribution in [2.24, 2.45) is 4.99 Å². The fourth-order valence-corrected chi connectivity index (χ4v) is 3.91. The molecule has 0 bridgehead atoms. The highest BCUT2D eigenvalue weighted by Gasteiger charge is 2.24. The average molecular weight is 432 g/mol. The first-order valence-electron chi connectivity index (χ1n) is 10.4. The lowest BCUT2D eigenvalue weighted by atomic mass is 10.2. The van der Waals surface area contributed by atoms with Gasteiger partial charge in [0.05, 0.1) is 17.9 Å². The minimum Gasteiger partial charge on any atom is -0.478 e. The Morgan fingerprint density at radius 2 is 1.59 bits per heavy atom. The molecule has 8 heteroatoms. The van der Waals surface area contributed by atoms with E-state index in [1.54, 1.807) is 0 Å². The summed E-state index contributed by atoms with van der Waals surface area (Å²) < 4.78 is 2.42. The normalized spacial score (nSPS) is 15.2. The molecule has 0 aliphatic carbocycles. The number of amidine groups is 1. The van der Waals surface area contributed by atoms with Crippen molar-refractivity contribution < 1.29 is 19.8 Å². The molecule has 1 fully saturated rings. The molecule has 3 N–H and O–H groups in total. The summed E-state index contributed by atoms with van der Waals surface area (Å²) in [5.74, 6) is -1.41. The van der Waals surface area contributed by atoms with Crippen molar-refractivity contribution >= 4 is 34.4 Å². The van der Waals surface area contributed by atoms with Gasteiger partial charge in [-0.1, -0.05) is 36.4 Å². The first kappa shape index (κ1) is 21.3. The molecule has 1 aromatic heterocycles. The lowest BCUT2D eigenvalue weighted by Crippen LogP contribution is -2.47. The van der Waals surface area contributed by atoms with Crippen LogP contribution in [0.2, 0.25) is 0 Å². The van der Waals surface area contributed by atoms with Gasteiger partial charge in [0, 0.05) is 49.2 Å². The molecule has 2 aliphatic rings. The van der Waals surface area contributed by atoms with Gasteiger partial charge in [0.25, 0.3) is 0 Å². The van der Waals surface area contributed by atoms with Gasteiger partial charge in [-0.2, -0.15) is 0 Å². The van der Waals surface area contributed by atoms with Crippen molar-refractivity contribution in [3.63, 3.8) is 0 Å². The lowest BCUT2D eigenvalue weighted by Gasteiger charge is -2.30. The number of carboxylic acid groups (broad SMARTS) is 2. The zero-order valence-corrected chi connectivity index (χ0v) is 17.4. The number of carbonyl (C=O) groups is 2. The molecular formula is C24H24N4O4. The number of aliphatic imine (C=N–C) groups is 1. The van der Waals surface area contributed by atoms with Gasteiger partial charge in [-0.15, -0.1) is 0 Å². The second-order valence-electron chi connectivity index (χ2n) is 7.49. The highest BCUT2D eigenvalue weighted by Crippen LogP contribution is 2.30. The summed E-state index contributed by atoms with van der Waals surface area (Å²) in [5.41, 5.74) is 4.89. The van der Waals surface area contributed by atoms with E-state index in [0.29, 0.717) is 12.2 Å². The van der Waals surface area contributed by atoms with E-state index < -0.39 is 11.9 Å². The van der Waals surface area contributed by atoms with Gasteiger partial charge in [-0.25, -0.2) is 14.6 Å². The van der Waals surface area contributed by atoms with Crippen molar-refractivity contribution in [3.05, 3.63) is 78.0 Å². The average Bonchev–Trinajstić information content (AvgIpc) is 3.07. The van der Waals surface area contributed by atoms with E-state index >= 15 is 0 Å². The Hall–Kier alpha value is -3.91. The van der Waals surface area contributed by atoms with E-state index in [9.17, 15) is 9.59 Å². The van der Waals surface area contributed by atoms with E-state index in [1.165, 1.54) is 22.2 Å². The van der Waals surface area contributed by atoms with Crippen LogP contribution in [0.3, 0.4) is 0 Å². The number of fused-ring (bicyclic) bond motifs is 4. The maximum Gasteiger partial charge on any atom is 0.328 e. The van der Waals surface area contributed by atoms with Gasteiger partial charge in [0.2, 0.25) is 0 Å². The van der Waals surface area contributed by atoms with Crippen LogP contribution in [0, 0.1) is 0 Å². The predicted octanol–water partition coefficient (Wildman–Crippen LogP) is 2.70. The molecule has 0 unspecified atom stereocenters. The fraction of sp³-hybridized carbons (Fsp3) is 0.208. The zero-order chi connectivity index (χ0) is 22.5. The number of hydrogen-bond donors (Lipinski definition) is 3. The summed E-state index contributed by atoms with van der Waals surface area (Å²) in [4.78, 5) is 26.6. The summed E-state index contributed by atoms with van der Waals surface area (Å²) >= 11 is 0. The Morgan fingerprint density at radius 1 is 0.938 bits per heavy atom. The van der Waals surface area contributed by atoms with Crippen molar-refractivity contribution in [1.29, 1.82) is 0 Å². The van der Waals surface area contributed by atoms with Crippen LogP contribution in [0.1, 0.15) is 11.3 Å². The topological polar surface area (TPSA) is 107 Å². The monoisotopic (exact) mass is 432 g/mol. The van der Waals surface area contributed by atoms with E-state index in [1.807, 2.05) is 0 Å². The number of aliphatic carboxylic acids is 2. The molecule has 8 nitrogen and oxygen atoms in total. The quantitative estimate of drug-likeness (QED) is 0.538. The summed E-state index contributed by atoms with van der Waals surface area (Å²) in [7, 11) is 0. The second-order valence-corrected chi connectivity index (χ2v) is 7.49. The molecule has 0 atom stereocenters. The van der Waals surface area contributed by atoms with Gasteiger partial charge in [0.1, 0.15) is 0 Å². The van der Waals surface area contributed by atoms with Gasteiger partial charge >= 0.3 is 11.9 Å². The molecule has 3 heterocycles. The van der Waals surface area contributed by atoms with Crippen LogP contribution in [-0.2, 0) is 16.1 Å². The molecule has 0 saturated carbocycles. The van der Waals surface area contributed by atoms with Crippen molar-refractivity contribution in [1.82, 2.24) is 14.8 Å². The lowest BCUT2D eigenvalue weighted by molar-refractivity contribution is -0.134. The number of para-hydroxylation sites is 2. The Morgan fingerprint density at radius 3 is 2.31 bits per heavy atom. The minimum absolute atomic E-state index is 0.558. The molecule has 2 aromatic carbocycles. The standard InChI is InChI=1S/C20H20N4.C4H4O4/c1-3-7-17-16(6-1)14-24-18-8-4-2-5-15(18)13-19(24)20(22-17)23-11-9-21-10-12-23;5-3(6)1-2-4(7)8/h1-8,13,21H,9-12,14H2;1-2H,(H,5,6)(H,7,8)/b;2-1-. The van der Waals surface area contributed by atoms with Gasteiger partial charge < -0.3 is 25.0 Å². The number of hydrogen-bond acceptors (Lipinski definition) is 5. The molecule has 0 radical (unpaired) electrons. The van der Waals surface area contributed by atoms with Crippen LogP contribution >= 0.6 is 0 Å². The second kappa shape index (κ2) is 9.49. The molecular weight excluding hydrogens is 408 g/mol. The molecule has 0 spiro atoms. The largest absolute Gasteiger partial charge is 0.478 e. The van der Waals surface area contributed by atoms with Crippen LogP contribution in [0.25, 0.3) is 10.9 Å². The third kappa shape index (κ3) is 4.70. The highest BCUT2D eigenvalue weighted by molar-refractivity contribution is 6.04. The van der Waals surface area contributed by atoms with E-state index in [2.05, 4.69) is 69.4 Å². The summed E-state index contributed by atoms with van der Waals surface area (Å²) in [6.45, 7) is 4.91. The number of carboxylic acids is 2. The highest BCUT2D eigenvalue weighted by atomic mass is 16.4. The molecule has 1 saturated heterocycles. The summed E-state index contributed by atoms with van der Waals surface area (Å²) in [6.07, 6.45) is 1.12. The first-order chi connectivity index (χ1) is 15.5. The minimum atomic E-state index is -1.26. The number of rotatable bonds is 2. The van der Waals surface area contributed by atoms with E-state index in [4.69, 9.17) is 15.2 Å². The fourth-order valence-electron chi connectivity index (χ4n) is 3.91. The van der Waals surface area contributed by atoms with Crippen LogP contribution < -0.4 is 5.32 Å². The van der Waals surface area contributed by atoms with Crippen LogP contribution in [0.15, 0.2) is 71.7 Å². The summed E-state index contributed by atoms with van der Waals surface area (Å²) in [5, 5.41) is 20.3.